The van der Waals surface area contributed by atoms with Crippen LogP contribution in [0.4, 0.5) is 0 Å². The molecule has 1 atom stereocenters. The number of thiophene rings is 1. The minimum atomic E-state index is -0.127. The van der Waals surface area contributed by atoms with Gasteiger partial charge < -0.3 is 10.1 Å². The van der Waals surface area contributed by atoms with E-state index in [1.165, 1.54) is 0 Å². The summed E-state index contributed by atoms with van der Waals surface area (Å²) in [6.07, 6.45) is 0. The summed E-state index contributed by atoms with van der Waals surface area (Å²) >= 11 is 1.60. The highest BCUT2D eigenvalue weighted by Gasteiger charge is 2.20. The summed E-state index contributed by atoms with van der Waals surface area (Å²) in [5.41, 5.74) is 2.13. The predicted octanol–water partition coefficient (Wildman–Crippen LogP) is 4.38. The molecule has 1 amide bonds. The largest absolute Gasteiger partial charge is 0.497 e. The Morgan fingerprint density at radius 2 is 1.92 bits per heavy atom. The van der Waals surface area contributed by atoms with Crippen molar-refractivity contribution in [2.75, 3.05) is 7.11 Å². The topological polar surface area (TPSA) is 56.2 Å². The highest BCUT2D eigenvalue weighted by atomic mass is 32.1. The number of hydrogen-bond donors (Lipinski definition) is 1. The molecule has 3 aromatic rings. The highest BCUT2D eigenvalue weighted by Crippen LogP contribution is 2.26. The first kappa shape index (κ1) is 18.2. The molecule has 1 aromatic carbocycles. The van der Waals surface area contributed by atoms with Gasteiger partial charge in [0.25, 0.3) is 5.91 Å². The molecule has 0 aliphatic rings. The average molecular weight is 369 g/mol. The summed E-state index contributed by atoms with van der Waals surface area (Å²) in [5, 5.41) is 9.75. The summed E-state index contributed by atoms with van der Waals surface area (Å²) in [4.78, 5) is 13.9. The van der Waals surface area contributed by atoms with Gasteiger partial charge in [-0.25, -0.2) is 4.68 Å². The van der Waals surface area contributed by atoms with Crippen molar-refractivity contribution < 1.29 is 9.53 Å². The Kier molecular flexibility index (Phi) is 5.42. The first-order chi connectivity index (χ1) is 12.5. The van der Waals surface area contributed by atoms with Gasteiger partial charge in [0, 0.05) is 6.04 Å². The van der Waals surface area contributed by atoms with E-state index in [2.05, 4.69) is 24.3 Å². The summed E-state index contributed by atoms with van der Waals surface area (Å²) in [5.74, 6) is 0.990. The number of rotatable bonds is 6. The Hall–Kier alpha value is -2.60. The molecule has 0 fully saturated rings. The van der Waals surface area contributed by atoms with Crippen molar-refractivity contribution in [2.45, 2.75) is 26.8 Å². The number of carbonyl (C=O) groups is 1. The van der Waals surface area contributed by atoms with E-state index in [-0.39, 0.29) is 11.9 Å². The van der Waals surface area contributed by atoms with Crippen molar-refractivity contribution in [3.63, 3.8) is 0 Å². The lowest BCUT2D eigenvalue weighted by atomic mass is 10.1. The fourth-order valence-electron chi connectivity index (χ4n) is 2.46. The molecule has 1 unspecified atom stereocenters. The van der Waals surface area contributed by atoms with Crippen molar-refractivity contribution in [3.05, 3.63) is 53.5 Å². The van der Waals surface area contributed by atoms with Crippen molar-refractivity contribution in [1.82, 2.24) is 15.1 Å². The number of benzene rings is 1. The molecule has 3 rings (SSSR count). The summed E-state index contributed by atoms with van der Waals surface area (Å²) < 4.78 is 6.91. The summed E-state index contributed by atoms with van der Waals surface area (Å²) in [6, 6.07) is 13.4. The van der Waals surface area contributed by atoms with Crippen molar-refractivity contribution in [2.24, 2.45) is 5.92 Å². The van der Waals surface area contributed by atoms with Crippen LogP contribution in [0, 0.1) is 5.92 Å². The van der Waals surface area contributed by atoms with E-state index in [0.29, 0.717) is 11.6 Å². The lowest BCUT2D eigenvalue weighted by molar-refractivity contribution is 0.0922. The average Bonchev–Trinajstić information content (AvgIpc) is 3.31. The van der Waals surface area contributed by atoms with Crippen LogP contribution in [0.5, 0.6) is 5.75 Å². The van der Waals surface area contributed by atoms with Gasteiger partial charge in [-0.1, -0.05) is 19.9 Å². The maximum absolute atomic E-state index is 12.9. The molecular formula is C20H23N3O2S. The zero-order chi connectivity index (χ0) is 18.7. The van der Waals surface area contributed by atoms with Crippen LogP contribution in [0.3, 0.4) is 0 Å². The standard InChI is InChI=1S/C20H23N3O2S/c1-13(2)14(3)21-20(24)18-12-17(19-6-5-11-26-19)22-23(18)15-7-9-16(25-4)10-8-15/h5-14H,1-4H3,(H,21,24). The first-order valence-corrected chi connectivity index (χ1v) is 9.46. The lowest BCUT2D eigenvalue weighted by Gasteiger charge is -2.17. The van der Waals surface area contributed by atoms with Gasteiger partial charge >= 0.3 is 0 Å². The SMILES string of the molecule is COc1ccc(-n2nc(-c3cccs3)cc2C(=O)NC(C)C(C)C)cc1. The van der Waals surface area contributed by atoms with Crippen LogP contribution in [0.2, 0.25) is 0 Å². The van der Waals surface area contributed by atoms with E-state index in [4.69, 9.17) is 4.74 Å². The van der Waals surface area contributed by atoms with Gasteiger partial charge in [-0.3, -0.25) is 4.79 Å². The maximum atomic E-state index is 12.9. The van der Waals surface area contributed by atoms with Gasteiger partial charge in [-0.05, 0) is 54.6 Å². The number of ether oxygens (including phenoxy) is 1. The third kappa shape index (κ3) is 3.80. The lowest BCUT2D eigenvalue weighted by Crippen LogP contribution is -2.37. The van der Waals surface area contributed by atoms with Gasteiger partial charge in [-0.15, -0.1) is 11.3 Å². The zero-order valence-corrected chi connectivity index (χ0v) is 16.2. The molecule has 0 radical (unpaired) electrons. The van der Waals surface area contributed by atoms with Gasteiger partial charge in [0.1, 0.15) is 17.1 Å². The molecule has 6 heteroatoms. The second-order valence-corrected chi connectivity index (χ2v) is 7.46. The fourth-order valence-corrected chi connectivity index (χ4v) is 3.14. The Balaban J connectivity index is 2.01. The molecule has 0 aliphatic carbocycles. The third-order valence-corrected chi connectivity index (χ3v) is 5.28. The Morgan fingerprint density at radius 3 is 2.50 bits per heavy atom. The number of methoxy groups -OCH3 is 1. The van der Waals surface area contributed by atoms with Crippen LogP contribution in [-0.4, -0.2) is 28.8 Å². The molecule has 2 heterocycles. The molecule has 0 spiro atoms. The number of amides is 1. The van der Waals surface area contributed by atoms with Crippen LogP contribution in [0.25, 0.3) is 16.3 Å². The molecule has 0 aliphatic heterocycles. The third-order valence-electron chi connectivity index (χ3n) is 4.39. The quantitative estimate of drug-likeness (QED) is 0.701. The van der Waals surface area contributed by atoms with E-state index in [1.807, 2.05) is 54.8 Å². The number of hydrogen-bond acceptors (Lipinski definition) is 4. The van der Waals surface area contributed by atoms with E-state index >= 15 is 0 Å². The van der Waals surface area contributed by atoms with Crippen LogP contribution in [0.1, 0.15) is 31.3 Å². The number of nitrogens with zero attached hydrogens (tertiary/aromatic N) is 2. The van der Waals surface area contributed by atoms with E-state index in [9.17, 15) is 4.79 Å². The second kappa shape index (κ2) is 7.74. The van der Waals surface area contributed by atoms with Crippen molar-refractivity contribution >= 4 is 17.2 Å². The molecule has 0 saturated carbocycles. The fraction of sp³-hybridized carbons (Fsp3) is 0.300. The number of nitrogens with one attached hydrogen (secondary N) is 1. The zero-order valence-electron chi connectivity index (χ0n) is 15.4. The maximum Gasteiger partial charge on any atom is 0.270 e. The Bertz CT molecular complexity index is 867. The highest BCUT2D eigenvalue weighted by molar-refractivity contribution is 7.13. The molecule has 0 saturated heterocycles. The minimum absolute atomic E-state index is 0.0758. The summed E-state index contributed by atoms with van der Waals surface area (Å²) in [6.45, 7) is 6.18. The van der Waals surface area contributed by atoms with Crippen molar-refractivity contribution in [3.8, 4) is 22.0 Å². The number of aromatic nitrogens is 2. The van der Waals surface area contributed by atoms with Crippen LogP contribution < -0.4 is 10.1 Å². The van der Waals surface area contributed by atoms with Crippen LogP contribution in [0.15, 0.2) is 47.8 Å². The summed E-state index contributed by atoms with van der Waals surface area (Å²) in [7, 11) is 1.63. The molecule has 1 N–H and O–H groups in total. The van der Waals surface area contributed by atoms with Crippen molar-refractivity contribution in [1.29, 1.82) is 0 Å². The van der Waals surface area contributed by atoms with E-state index in [0.717, 1.165) is 22.0 Å². The Morgan fingerprint density at radius 1 is 1.19 bits per heavy atom. The van der Waals surface area contributed by atoms with E-state index < -0.39 is 0 Å². The monoisotopic (exact) mass is 369 g/mol. The first-order valence-electron chi connectivity index (χ1n) is 8.59. The second-order valence-electron chi connectivity index (χ2n) is 6.51. The molecule has 5 nitrogen and oxygen atoms in total. The van der Waals surface area contributed by atoms with Crippen LogP contribution >= 0.6 is 11.3 Å². The molecular weight excluding hydrogens is 346 g/mol. The number of carbonyl (C=O) groups excluding carboxylic acids is 1. The molecule has 136 valence electrons. The normalized spacial score (nSPS) is 12.2. The van der Waals surface area contributed by atoms with Gasteiger partial charge in [0.05, 0.1) is 17.7 Å². The van der Waals surface area contributed by atoms with Gasteiger partial charge in [-0.2, -0.15) is 5.10 Å². The van der Waals surface area contributed by atoms with Crippen LogP contribution in [-0.2, 0) is 0 Å². The molecule has 2 aromatic heterocycles. The van der Waals surface area contributed by atoms with Gasteiger partial charge in [0.15, 0.2) is 0 Å². The minimum Gasteiger partial charge on any atom is -0.497 e. The predicted molar refractivity (Wildman–Crippen MR) is 105 cm³/mol. The smallest absolute Gasteiger partial charge is 0.270 e. The Labute approximate surface area is 157 Å². The van der Waals surface area contributed by atoms with Gasteiger partial charge in [0.2, 0.25) is 0 Å². The molecule has 26 heavy (non-hydrogen) atoms. The van der Waals surface area contributed by atoms with E-state index in [1.54, 1.807) is 23.1 Å². The molecule has 0 bridgehead atoms.